The Kier molecular flexibility index (Phi) is 7.80. The van der Waals surface area contributed by atoms with E-state index in [1.165, 1.54) is 14.2 Å². The third kappa shape index (κ3) is 6.70. The molecular weight excluding hydrogens is 268 g/mol. The molecule has 0 spiro atoms. The van der Waals surface area contributed by atoms with Gasteiger partial charge in [-0.2, -0.15) is 10.7 Å². The lowest BCUT2D eigenvalue weighted by atomic mass is 10.0. The van der Waals surface area contributed by atoms with Gasteiger partial charge in [0.15, 0.2) is 0 Å². The zero-order valence-corrected chi connectivity index (χ0v) is 12.3. The number of hydroxylamine groups is 1. The lowest BCUT2D eigenvalue weighted by Crippen LogP contribution is -2.28. The van der Waals surface area contributed by atoms with Crippen molar-refractivity contribution in [2.45, 2.75) is 25.3 Å². The molecule has 0 heterocycles. The number of nitrogens with one attached hydrogen (secondary N) is 1. The Morgan fingerprint density at radius 1 is 1.33 bits per heavy atom. The molecule has 0 saturated heterocycles. The lowest BCUT2D eigenvalue weighted by Gasteiger charge is -2.14. The van der Waals surface area contributed by atoms with Crippen molar-refractivity contribution < 1.29 is 14.4 Å². The molecule has 0 aliphatic rings. The molecule has 112 valence electrons. The van der Waals surface area contributed by atoms with E-state index < -0.39 is 0 Å². The normalized spacial score (nSPS) is 12.5. The highest BCUT2D eigenvalue weighted by Gasteiger charge is 2.10. The summed E-state index contributed by atoms with van der Waals surface area (Å²) in [5.74, 6) is -0.324. The van der Waals surface area contributed by atoms with Gasteiger partial charge in [0.2, 0.25) is 0 Å². The number of hydrogen-bond donors (Lipinski definition) is 1. The summed E-state index contributed by atoms with van der Waals surface area (Å²) in [6.45, 7) is 0. The van der Waals surface area contributed by atoms with Crippen molar-refractivity contribution in [3.8, 4) is 6.07 Å². The molecule has 0 aliphatic heterocycles. The standard InChI is InChI=1S/C16H20N2O3/c1-20-16(19)9-8-14(12-17)11-15(18-21-2)10-13-6-4-3-5-7-13/h3-7,11,15,18H,8-10H2,1-2H3/b14-11+. The van der Waals surface area contributed by atoms with E-state index in [4.69, 9.17) is 10.1 Å². The van der Waals surface area contributed by atoms with E-state index in [2.05, 4.69) is 16.3 Å². The fourth-order valence-electron chi connectivity index (χ4n) is 1.91. The molecule has 1 atom stereocenters. The van der Waals surface area contributed by atoms with Crippen LogP contribution >= 0.6 is 0 Å². The third-order valence-corrected chi connectivity index (χ3v) is 2.94. The number of allylic oxidation sites excluding steroid dienone is 1. The van der Waals surface area contributed by atoms with Gasteiger partial charge in [-0.3, -0.25) is 4.79 Å². The molecule has 0 bridgehead atoms. The van der Waals surface area contributed by atoms with Gasteiger partial charge >= 0.3 is 5.97 Å². The molecule has 5 nitrogen and oxygen atoms in total. The van der Waals surface area contributed by atoms with Crippen molar-refractivity contribution in [3.05, 3.63) is 47.5 Å². The van der Waals surface area contributed by atoms with Gasteiger partial charge in [0, 0.05) is 5.57 Å². The van der Waals surface area contributed by atoms with Crippen molar-refractivity contribution in [1.82, 2.24) is 5.48 Å². The first kappa shape index (κ1) is 16.9. The molecule has 1 aromatic rings. The molecule has 5 heteroatoms. The maximum atomic E-state index is 11.1. The first-order valence-electron chi connectivity index (χ1n) is 6.69. The minimum atomic E-state index is -0.324. The number of hydrogen-bond acceptors (Lipinski definition) is 5. The van der Waals surface area contributed by atoms with Crippen LogP contribution in [0.5, 0.6) is 0 Å². The van der Waals surface area contributed by atoms with Gasteiger partial charge in [-0.05, 0) is 18.4 Å². The number of nitrogens with zero attached hydrogens (tertiary/aromatic N) is 1. The second-order valence-corrected chi connectivity index (χ2v) is 4.50. The molecule has 0 amide bonds. The van der Waals surface area contributed by atoms with Gasteiger partial charge in [0.25, 0.3) is 0 Å². The van der Waals surface area contributed by atoms with Crippen LogP contribution in [0.25, 0.3) is 0 Å². The van der Waals surface area contributed by atoms with E-state index in [1.807, 2.05) is 30.3 Å². The Morgan fingerprint density at radius 2 is 2.05 bits per heavy atom. The van der Waals surface area contributed by atoms with Crippen LogP contribution in [0.15, 0.2) is 42.0 Å². The van der Waals surface area contributed by atoms with E-state index >= 15 is 0 Å². The summed E-state index contributed by atoms with van der Waals surface area (Å²) >= 11 is 0. The molecule has 1 rings (SSSR count). The molecule has 0 radical (unpaired) electrons. The third-order valence-electron chi connectivity index (χ3n) is 2.94. The predicted octanol–water partition coefficient (Wildman–Crippen LogP) is 2.15. The summed E-state index contributed by atoms with van der Waals surface area (Å²) in [4.78, 5) is 16.1. The van der Waals surface area contributed by atoms with Crippen LogP contribution in [-0.4, -0.2) is 26.2 Å². The second-order valence-electron chi connectivity index (χ2n) is 4.50. The van der Waals surface area contributed by atoms with Gasteiger partial charge in [-0.25, -0.2) is 0 Å². The molecule has 0 fully saturated rings. The van der Waals surface area contributed by atoms with Crippen LogP contribution < -0.4 is 5.48 Å². The van der Waals surface area contributed by atoms with Gasteiger partial charge in [0.05, 0.1) is 32.8 Å². The SMILES string of the molecule is CONC(/C=C(/C#N)CCC(=O)OC)Cc1ccccc1. The highest BCUT2D eigenvalue weighted by atomic mass is 16.6. The number of methoxy groups -OCH3 is 1. The second kappa shape index (κ2) is 9.70. The number of ether oxygens (including phenoxy) is 1. The molecule has 1 unspecified atom stereocenters. The van der Waals surface area contributed by atoms with Crippen molar-refractivity contribution in [2.75, 3.05) is 14.2 Å². The number of carbonyl (C=O) groups is 1. The van der Waals surface area contributed by atoms with Crippen molar-refractivity contribution >= 4 is 5.97 Å². The van der Waals surface area contributed by atoms with Crippen molar-refractivity contribution in [1.29, 1.82) is 5.26 Å². The quantitative estimate of drug-likeness (QED) is 0.451. The average Bonchev–Trinajstić information content (AvgIpc) is 2.52. The topological polar surface area (TPSA) is 71.3 Å². The zero-order valence-electron chi connectivity index (χ0n) is 12.3. The fourth-order valence-corrected chi connectivity index (χ4v) is 1.91. The van der Waals surface area contributed by atoms with Crippen molar-refractivity contribution in [3.63, 3.8) is 0 Å². The number of carbonyl (C=O) groups excluding carboxylic acids is 1. The first-order chi connectivity index (χ1) is 10.2. The Hall–Kier alpha value is -2.16. The molecule has 0 saturated carbocycles. The molecule has 21 heavy (non-hydrogen) atoms. The van der Waals surface area contributed by atoms with Gasteiger partial charge in [0.1, 0.15) is 0 Å². The van der Waals surface area contributed by atoms with E-state index in [1.54, 1.807) is 6.08 Å². The Labute approximate surface area is 125 Å². The van der Waals surface area contributed by atoms with Crippen LogP contribution in [0.4, 0.5) is 0 Å². The Bertz CT molecular complexity index is 506. The first-order valence-corrected chi connectivity index (χ1v) is 6.69. The maximum absolute atomic E-state index is 11.1. The van der Waals surface area contributed by atoms with Crippen LogP contribution in [0.2, 0.25) is 0 Å². The van der Waals surface area contributed by atoms with Gasteiger partial charge in [-0.15, -0.1) is 0 Å². The van der Waals surface area contributed by atoms with E-state index in [9.17, 15) is 4.79 Å². The van der Waals surface area contributed by atoms with E-state index in [0.717, 1.165) is 5.56 Å². The summed E-state index contributed by atoms with van der Waals surface area (Å²) < 4.78 is 4.58. The van der Waals surface area contributed by atoms with Crippen molar-refractivity contribution in [2.24, 2.45) is 0 Å². The molecule has 1 N–H and O–H groups in total. The van der Waals surface area contributed by atoms with Crippen LogP contribution in [-0.2, 0) is 20.8 Å². The highest BCUT2D eigenvalue weighted by molar-refractivity contribution is 5.69. The monoisotopic (exact) mass is 288 g/mol. The summed E-state index contributed by atoms with van der Waals surface area (Å²) in [6, 6.07) is 11.9. The Balaban J connectivity index is 2.71. The maximum Gasteiger partial charge on any atom is 0.305 e. The zero-order chi connectivity index (χ0) is 15.5. The highest BCUT2D eigenvalue weighted by Crippen LogP contribution is 2.10. The minimum Gasteiger partial charge on any atom is -0.469 e. The lowest BCUT2D eigenvalue weighted by molar-refractivity contribution is -0.140. The number of benzene rings is 1. The molecular formula is C16H20N2O3. The van der Waals surface area contributed by atoms with E-state index in [0.29, 0.717) is 18.4 Å². The molecule has 1 aromatic carbocycles. The summed E-state index contributed by atoms with van der Waals surface area (Å²) in [6.07, 6.45) is 3.04. The number of nitriles is 1. The van der Waals surface area contributed by atoms with Crippen LogP contribution in [0, 0.1) is 11.3 Å². The largest absolute Gasteiger partial charge is 0.469 e. The van der Waals surface area contributed by atoms with Crippen LogP contribution in [0.3, 0.4) is 0 Å². The predicted molar refractivity (Wildman–Crippen MR) is 79.0 cm³/mol. The smallest absolute Gasteiger partial charge is 0.305 e. The van der Waals surface area contributed by atoms with Crippen LogP contribution in [0.1, 0.15) is 18.4 Å². The fraction of sp³-hybridized carbons (Fsp3) is 0.375. The number of esters is 1. The summed E-state index contributed by atoms with van der Waals surface area (Å²) in [5, 5.41) is 9.16. The number of rotatable bonds is 8. The summed E-state index contributed by atoms with van der Waals surface area (Å²) in [5.41, 5.74) is 4.52. The average molecular weight is 288 g/mol. The Morgan fingerprint density at radius 3 is 2.62 bits per heavy atom. The summed E-state index contributed by atoms with van der Waals surface area (Å²) in [7, 11) is 2.87. The minimum absolute atomic E-state index is 0.135. The molecule has 0 aliphatic carbocycles. The van der Waals surface area contributed by atoms with Gasteiger partial charge < -0.3 is 9.57 Å². The van der Waals surface area contributed by atoms with E-state index in [-0.39, 0.29) is 18.4 Å². The van der Waals surface area contributed by atoms with Gasteiger partial charge in [-0.1, -0.05) is 36.4 Å². The molecule has 0 aromatic heterocycles.